The van der Waals surface area contributed by atoms with E-state index < -0.39 is 0 Å². The van der Waals surface area contributed by atoms with Crippen molar-refractivity contribution in [2.45, 2.75) is 51.8 Å². The minimum atomic E-state index is -0.342. The normalized spacial score (nSPS) is 15.6. The van der Waals surface area contributed by atoms with Gasteiger partial charge in [-0.25, -0.2) is 4.68 Å². The number of amides is 2. The number of nitrogens with one attached hydrogen (secondary N) is 1. The topological polar surface area (TPSA) is 80.4 Å². The molecule has 4 aromatic rings. The van der Waals surface area contributed by atoms with E-state index in [4.69, 9.17) is 21.1 Å². The highest BCUT2D eigenvalue weighted by molar-refractivity contribution is 8.00. The Balaban J connectivity index is 1.71. The zero-order chi connectivity index (χ0) is 28.6. The number of aromatic nitrogens is 2. The number of carbonyl (C=O) groups excluding carboxylic acids is 2. The number of nitrogens with zero attached hydrogens (tertiary/aromatic N) is 3. The van der Waals surface area contributed by atoms with Gasteiger partial charge < -0.3 is 9.73 Å². The van der Waals surface area contributed by atoms with Crippen LogP contribution in [0.4, 0.5) is 5.82 Å². The van der Waals surface area contributed by atoms with Crippen LogP contribution in [0.1, 0.15) is 59.7 Å². The molecule has 1 aliphatic rings. The molecule has 0 fully saturated rings. The molecule has 1 N–H and O–H groups in total. The van der Waals surface area contributed by atoms with Crippen LogP contribution < -0.4 is 10.2 Å². The van der Waals surface area contributed by atoms with Gasteiger partial charge in [0.1, 0.15) is 18.1 Å². The largest absolute Gasteiger partial charge is 0.467 e. The van der Waals surface area contributed by atoms with Crippen molar-refractivity contribution in [1.29, 1.82) is 0 Å². The zero-order valence-corrected chi connectivity index (χ0v) is 24.9. The summed E-state index contributed by atoms with van der Waals surface area (Å²) in [7, 11) is 0. The highest BCUT2D eigenvalue weighted by Crippen LogP contribution is 2.48. The van der Waals surface area contributed by atoms with Crippen LogP contribution >= 0.6 is 23.4 Å². The number of thioether (sulfide) groups is 1. The average Bonchev–Trinajstić information content (AvgIpc) is 3.53. The van der Waals surface area contributed by atoms with Gasteiger partial charge in [0.25, 0.3) is 0 Å². The van der Waals surface area contributed by atoms with E-state index in [-0.39, 0.29) is 41.3 Å². The number of hydrogen-bond donors (Lipinski definition) is 1. The maximum absolute atomic E-state index is 13.8. The molecule has 7 nitrogen and oxygen atoms in total. The van der Waals surface area contributed by atoms with E-state index in [1.165, 1.54) is 11.8 Å². The first-order valence-electron chi connectivity index (χ1n) is 13.2. The van der Waals surface area contributed by atoms with E-state index in [0.717, 1.165) is 33.6 Å². The van der Waals surface area contributed by atoms with Gasteiger partial charge in [0.2, 0.25) is 11.8 Å². The lowest BCUT2D eigenvalue weighted by Gasteiger charge is -2.25. The molecule has 0 saturated carbocycles. The number of aryl methyl sites for hydroxylation is 1. The molecule has 0 saturated heterocycles. The molecule has 1 aliphatic heterocycles. The van der Waals surface area contributed by atoms with Crippen LogP contribution in [-0.2, 0) is 21.5 Å². The van der Waals surface area contributed by atoms with Crippen LogP contribution in [0.5, 0.6) is 0 Å². The molecule has 2 aromatic carbocycles. The summed E-state index contributed by atoms with van der Waals surface area (Å²) < 4.78 is 7.22. The minimum absolute atomic E-state index is 0.143. The second kappa shape index (κ2) is 11.2. The Hall–Kier alpha value is -3.49. The van der Waals surface area contributed by atoms with Crippen molar-refractivity contribution in [2.24, 2.45) is 0 Å². The average molecular weight is 577 g/mol. The van der Waals surface area contributed by atoms with Gasteiger partial charge in [-0.2, -0.15) is 5.10 Å². The Labute approximate surface area is 243 Å². The van der Waals surface area contributed by atoms with Crippen LogP contribution in [0.15, 0.2) is 65.3 Å². The first-order valence-corrected chi connectivity index (χ1v) is 14.6. The predicted octanol–water partition coefficient (Wildman–Crippen LogP) is 6.52. The number of benzene rings is 2. The molecular formula is C31H33ClN4O3S. The van der Waals surface area contributed by atoms with Crippen molar-refractivity contribution in [3.8, 4) is 5.69 Å². The number of anilines is 1. The molecule has 0 aliphatic carbocycles. The number of furan rings is 1. The van der Waals surface area contributed by atoms with Crippen LogP contribution in [0.25, 0.3) is 5.69 Å². The first-order chi connectivity index (χ1) is 19.0. The van der Waals surface area contributed by atoms with Crippen LogP contribution in [0, 0.1) is 13.8 Å². The maximum atomic E-state index is 13.8. The monoisotopic (exact) mass is 576 g/mol. The third kappa shape index (κ3) is 5.56. The molecule has 0 bridgehead atoms. The highest BCUT2D eigenvalue weighted by Gasteiger charge is 2.40. The number of halogens is 1. The first kappa shape index (κ1) is 28.1. The van der Waals surface area contributed by atoms with Crippen molar-refractivity contribution in [3.63, 3.8) is 0 Å². The second-order valence-corrected chi connectivity index (χ2v) is 12.6. The predicted molar refractivity (Wildman–Crippen MR) is 160 cm³/mol. The maximum Gasteiger partial charge on any atom is 0.240 e. The molecule has 0 radical (unpaired) electrons. The Bertz CT molecular complexity index is 1560. The van der Waals surface area contributed by atoms with Gasteiger partial charge >= 0.3 is 0 Å². The van der Waals surface area contributed by atoms with E-state index in [9.17, 15) is 9.59 Å². The lowest BCUT2D eigenvalue weighted by Crippen LogP contribution is -2.42. The molecule has 2 aromatic heterocycles. The fraction of sp³-hybridized carbons (Fsp3) is 0.323. The Morgan fingerprint density at radius 1 is 1.15 bits per heavy atom. The third-order valence-electron chi connectivity index (χ3n) is 7.10. The molecule has 1 atom stereocenters. The van der Waals surface area contributed by atoms with Gasteiger partial charge in [0.15, 0.2) is 0 Å². The van der Waals surface area contributed by atoms with E-state index in [1.807, 2.05) is 41.1 Å². The summed E-state index contributed by atoms with van der Waals surface area (Å²) >= 11 is 7.97. The molecule has 208 valence electrons. The fourth-order valence-corrected chi connectivity index (χ4v) is 6.32. The van der Waals surface area contributed by atoms with E-state index in [1.54, 1.807) is 23.3 Å². The number of fused-ring (bicyclic) bond motifs is 1. The lowest BCUT2D eigenvalue weighted by molar-refractivity contribution is -0.123. The Morgan fingerprint density at radius 3 is 2.62 bits per heavy atom. The SMILES string of the molecule is Cc1cccc(-n2nc(C(C)(C)C)c3c2N(CC(=O)NCc2ccco2)C(=O)CSC3c2cccc(Cl)c2)c1C. The van der Waals surface area contributed by atoms with Crippen LogP contribution in [-0.4, -0.2) is 33.9 Å². The molecular weight excluding hydrogens is 544 g/mol. The van der Waals surface area contributed by atoms with Gasteiger partial charge in [0, 0.05) is 16.0 Å². The second-order valence-electron chi connectivity index (χ2n) is 11.0. The minimum Gasteiger partial charge on any atom is -0.467 e. The van der Waals surface area contributed by atoms with Crippen molar-refractivity contribution in [2.75, 3.05) is 17.2 Å². The Kier molecular flexibility index (Phi) is 7.84. The quantitative estimate of drug-likeness (QED) is 0.283. The summed E-state index contributed by atoms with van der Waals surface area (Å²) in [6.45, 7) is 10.6. The lowest BCUT2D eigenvalue weighted by atomic mass is 9.87. The number of rotatable bonds is 6. The van der Waals surface area contributed by atoms with Gasteiger partial charge in [-0.15, -0.1) is 11.8 Å². The van der Waals surface area contributed by atoms with E-state index >= 15 is 0 Å². The summed E-state index contributed by atoms with van der Waals surface area (Å²) in [5.74, 6) is 1.02. The van der Waals surface area contributed by atoms with Gasteiger partial charge in [-0.05, 0) is 60.9 Å². The zero-order valence-electron chi connectivity index (χ0n) is 23.3. The molecule has 1 unspecified atom stereocenters. The van der Waals surface area contributed by atoms with Crippen molar-refractivity contribution < 1.29 is 14.0 Å². The summed E-state index contributed by atoms with van der Waals surface area (Å²) in [4.78, 5) is 28.7. The summed E-state index contributed by atoms with van der Waals surface area (Å²) in [5, 5.41) is 8.50. The summed E-state index contributed by atoms with van der Waals surface area (Å²) in [6, 6.07) is 17.4. The van der Waals surface area contributed by atoms with Crippen molar-refractivity contribution in [1.82, 2.24) is 15.1 Å². The van der Waals surface area contributed by atoms with E-state index in [2.05, 4.69) is 46.0 Å². The van der Waals surface area contributed by atoms with Gasteiger partial charge in [0.05, 0.1) is 35.2 Å². The number of hydrogen-bond acceptors (Lipinski definition) is 5. The summed E-state index contributed by atoms with van der Waals surface area (Å²) in [5.41, 5.74) is 5.48. The molecule has 9 heteroatoms. The van der Waals surface area contributed by atoms with Crippen LogP contribution in [0.2, 0.25) is 5.02 Å². The smallest absolute Gasteiger partial charge is 0.240 e. The standard InChI is InChI=1S/C31H33ClN4O3S/c1-19-9-6-13-24(20(19)2)36-30-27(29(34-36)31(3,4)5)28(21-10-7-11-22(32)15-21)40-18-26(38)35(30)17-25(37)33-16-23-12-8-14-39-23/h6-15,28H,16-18H2,1-5H3,(H,33,37). The molecule has 0 spiro atoms. The molecule has 2 amide bonds. The number of carbonyl (C=O) groups is 2. The highest BCUT2D eigenvalue weighted by atomic mass is 35.5. The van der Waals surface area contributed by atoms with Crippen molar-refractivity contribution >= 4 is 41.0 Å². The summed E-state index contributed by atoms with van der Waals surface area (Å²) in [6.07, 6.45) is 1.57. The molecule has 40 heavy (non-hydrogen) atoms. The molecule has 3 heterocycles. The van der Waals surface area contributed by atoms with Crippen LogP contribution in [0.3, 0.4) is 0 Å². The molecule has 5 rings (SSSR count). The van der Waals surface area contributed by atoms with Crippen molar-refractivity contribution in [3.05, 3.63) is 99.6 Å². The third-order valence-corrected chi connectivity index (χ3v) is 8.59. The van der Waals surface area contributed by atoms with E-state index in [0.29, 0.717) is 16.6 Å². The fourth-order valence-electron chi connectivity index (χ4n) is 4.94. The Morgan fingerprint density at radius 2 is 1.93 bits per heavy atom. The van der Waals surface area contributed by atoms with Gasteiger partial charge in [-0.3, -0.25) is 14.5 Å². The van der Waals surface area contributed by atoms with Gasteiger partial charge in [-0.1, -0.05) is 56.6 Å².